The molecule has 0 saturated carbocycles. The van der Waals surface area contributed by atoms with Crippen LogP contribution in [0.1, 0.15) is 6.92 Å². The molecule has 1 aliphatic heterocycles. The van der Waals surface area contributed by atoms with E-state index in [1.54, 1.807) is 18.9 Å². The SMILES string of the molecule is CN/N=C(C(=O)N1CCN(C)CC1)\C(C)=N\OC. The average molecular weight is 255 g/mol. The summed E-state index contributed by atoms with van der Waals surface area (Å²) in [7, 11) is 5.14. The lowest BCUT2D eigenvalue weighted by Gasteiger charge is -2.32. The van der Waals surface area contributed by atoms with Crippen molar-refractivity contribution in [3.63, 3.8) is 0 Å². The van der Waals surface area contributed by atoms with Crippen molar-refractivity contribution < 1.29 is 9.63 Å². The van der Waals surface area contributed by atoms with Crippen molar-refractivity contribution in [1.29, 1.82) is 0 Å². The lowest BCUT2D eigenvalue weighted by Crippen LogP contribution is -2.50. The maximum atomic E-state index is 12.3. The van der Waals surface area contributed by atoms with Gasteiger partial charge in [-0.05, 0) is 14.0 Å². The first kappa shape index (κ1) is 14.4. The minimum Gasteiger partial charge on any atom is -0.399 e. The van der Waals surface area contributed by atoms with Crippen molar-refractivity contribution in [3.8, 4) is 0 Å². The third kappa shape index (κ3) is 3.69. The van der Waals surface area contributed by atoms with Gasteiger partial charge in [0.25, 0.3) is 5.91 Å². The van der Waals surface area contributed by atoms with Crippen LogP contribution in [0.2, 0.25) is 0 Å². The van der Waals surface area contributed by atoms with E-state index in [0.717, 1.165) is 13.1 Å². The Hall–Kier alpha value is -1.63. The molecule has 0 aromatic carbocycles. The second-order valence-electron chi connectivity index (χ2n) is 4.14. The second-order valence-corrected chi connectivity index (χ2v) is 4.14. The Morgan fingerprint density at radius 1 is 1.28 bits per heavy atom. The van der Waals surface area contributed by atoms with Gasteiger partial charge in [-0.15, -0.1) is 0 Å². The molecule has 0 radical (unpaired) electrons. The fourth-order valence-corrected chi connectivity index (χ4v) is 1.73. The van der Waals surface area contributed by atoms with Gasteiger partial charge >= 0.3 is 0 Å². The van der Waals surface area contributed by atoms with Crippen LogP contribution >= 0.6 is 0 Å². The van der Waals surface area contributed by atoms with Crippen LogP contribution in [-0.4, -0.2) is 74.5 Å². The Bertz CT molecular complexity index is 345. The van der Waals surface area contributed by atoms with E-state index >= 15 is 0 Å². The van der Waals surface area contributed by atoms with Gasteiger partial charge in [0.15, 0.2) is 5.71 Å². The fraction of sp³-hybridized carbons (Fsp3) is 0.727. The Morgan fingerprint density at radius 3 is 2.39 bits per heavy atom. The molecule has 0 aliphatic carbocycles. The zero-order chi connectivity index (χ0) is 13.5. The quantitative estimate of drug-likeness (QED) is 0.536. The van der Waals surface area contributed by atoms with E-state index in [9.17, 15) is 4.79 Å². The summed E-state index contributed by atoms with van der Waals surface area (Å²) in [6, 6.07) is 0. The summed E-state index contributed by atoms with van der Waals surface area (Å²) in [6.07, 6.45) is 0. The number of carbonyl (C=O) groups is 1. The summed E-state index contributed by atoms with van der Waals surface area (Å²) in [6.45, 7) is 4.86. The number of piperazine rings is 1. The topological polar surface area (TPSA) is 69.5 Å². The minimum absolute atomic E-state index is 0.115. The number of hydrogen-bond donors (Lipinski definition) is 1. The molecule has 0 unspecified atom stereocenters. The average Bonchev–Trinajstić information content (AvgIpc) is 2.36. The monoisotopic (exact) mass is 255 g/mol. The third-order valence-electron chi connectivity index (χ3n) is 2.79. The first-order chi connectivity index (χ1) is 8.60. The highest BCUT2D eigenvalue weighted by atomic mass is 16.6. The number of rotatable bonds is 4. The number of carbonyl (C=O) groups excluding carboxylic acids is 1. The smallest absolute Gasteiger partial charge is 0.276 e. The molecular weight excluding hydrogens is 234 g/mol. The largest absolute Gasteiger partial charge is 0.399 e. The first-order valence-electron chi connectivity index (χ1n) is 5.90. The van der Waals surface area contributed by atoms with Crippen molar-refractivity contribution in [1.82, 2.24) is 15.2 Å². The van der Waals surface area contributed by atoms with Crippen LogP contribution in [0.5, 0.6) is 0 Å². The fourth-order valence-electron chi connectivity index (χ4n) is 1.73. The van der Waals surface area contributed by atoms with Gasteiger partial charge in [0.2, 0.25) is 0 Å². The molecule has 1 saturated heterocycles. The van der Waals surface area contributed by atoms with E-state index in [4.69, 9.17) is 0 Å². The highest BCUT2D eigenvalue weighted by molar-refractivity contribution is 6.66. The Kier molecular flexibility index (Phi) is 5.57. The van der Waals surface area contributed by atoms with E-state index in [1.807, 2.05) is 7.05 Å². The molecule has 0 bridgehead atoms. The predicted molar refractivity (Wildman–Crippen MR) is 70.7 cm³/mol. The molecule has 7 heteroatoms. The van der Waals surface area contributed by atoms with Gasteiger partial charge in [-0.3, -0.25) is 4.79 Å². The van der Waals surface area contributed by atoms with Crippen molar-refractivity contribution in [2.24, 2.45) is 10.3 Å². The van der Waals surface area contributed by atoms with Crippen LogP contribution in [0.25, 0.3) is 0 Å². The molecule has 18 heavy (non-hydrogen) atoms. The van der Waals surface area contributed by atoms with Crippen molar-refractivity contribution in [2.75, 3.05) is 47.4 Å². The molecule has 0 aromatic rings. The van der Waals surface area contributed by atoms with Crippen molar-refractivity contribution >= 4 is 17.3 Å². The van der Waals surface area contributed by atoms with Gasteiger partial charge in [0, 0.05) is 33.2 Å². The van der Waals surface area contributed by atoms with Crippen LogP contribution in [-0.2, 0) is 9.63 Å². The molecule has 1 fully saturated rings. The summed E-state index contributed by atoms with van der Waals surface area (Å²) in [5.41, 5.74) is 3.39. The van der Waals surface area contributed by atoms with Gasteiger partial charge < -0.3 is 20.1 Å². The summed E-state index contributed by atoms with van der Waals surface area (Å²) in [5, 5.41) is 7.75. The van der Waals surface area contributed by atoms with Crippen LogP contribution < -0.4 is 5.43 Å². The number of hydrazone groups is 1. The summed E-state index contributed by atoms with van der Waals surface area (Å²) in [4.78, 5) is 21.0. The molecule has 0 aromatic heterocycles. The van der Waals surface area contributed by atoms with Crippen molar-refractivity contribution in [2.45, 2.75) is 6.92 Å². The lowest BCUT2D eigenvalue weighted by molar-refractivity contribution is -0.125. The molecule has 1 amide bonds. The summed E-state index contributed by atoms with van der Waals surface area (Å²) >= 11 is 0. The zero-order valence-corrected chi connectivity index (χ0v) is 11.4. The Labute approximate surface area is 107 Å². The maximum absolute atomic E-state index is 12.3. The Morgan fingerprint density at radius 2 is 1.89 bits per heavy atom. The van der Waals surface area contributed by atoms with Gasteiger partial charge in [-0.2, -0.15) is 5.10 Å². The number of likely N-dealkylation sites (N-methyl/N-ethyl adjacent to an activating group) is 1. The van der Waals surface area contributed by atoms with Gasteiger partial charge in [0.05, 0.1) is 0 Å². The van der Waals surface area contributed by atoms with Gasteiger partial charge in [-0.25, -0.2) is 0 Å². The molecule has 1 heterocycles. The van der Waals surface area contributed by atoms with E-state index in [0.29, 0.717) is 24.5 Å². The molecule has 102 valence electrons. The lowest BCUT2D eigenvalue weighted by atomic mass is 10.2. The first-order valence-corrected chi connectivity index (χ1v) is 5.90. The molecule has 0 spiro atoms. The standard InChI is InChI=1S/C11H21N5O2/c1-9(14-18-4)10(13-12-2)11(17)16-7-5-15(3)6-8-16/h12H,5-8H2,1-4H3/b13-10+,14-9+. The van der Waals surface area contributed by atoms with Crippen LogP contribution in [0.15, 0.2) is 10.3 Å². The van der Waals surface area contributed by atoms with Gasteiger partial charge in [0.1, 0.15) is 12.8 Å². The second kappa shape index (κ2) is 6.95. The van der Waals surface area contributed by atoms with E-state index < -0.39 is 0 Å². The summed E-state index contributed by atoms with van der Waals surface area (Å²) < 4.78 is 0. The van der Waals surface area contributed by atoms with E-state index in [-0.39, 0.29) is 5.91 Å². The number of nitrogens with one attached hydrogen (secondary N) is 1. The van der Waals surface area contributed by atoms with E-state index in [1.165, 1.54) is 7.11 Å². The molecule has 1 N–H and O–H groups in total. The van der Waals surface area contributed by atoms with Crippen molar-refractivity contribution in [3.05, 3.63) is 0 Å². The highest BCUT2D eigenvalue weighted by Gasteiger charge is 2.25. The zero-order valence-electron chi connectivity index (χ0n) is 11.4. The normalized spacial score (nSPS) is 18.8. The number of oxime groups is 1. The third-order valence-corrected chi connectivity index (χ3v) is 2.79. The number of nitrogens with zero attached hydrogens (tertiary/aromatic N) is 4. The molecule has 7 nitrogen and oxygen atoms in total. The van der Waals surface area contributed by atoms with E-state index in [2.05, 4.69) is 25.4 Å². The number of amides is 1. The Balaban J connectivity index is 2.78. The van der Waals surface area contributed by atoms with Crippen LogP contribution in [0.3, 0.4) is 0 Å². The molecule has 1 aliphatic rings. The number of hydrogen-bond acceptors (Lipinski definition) is 6. The maximum Gasteiger partial charge on any atom is 0.276 e. The summed E-state index contributed by atoms with van der Waals surface area (Å²) in [5.74, 6) is -0.115. The van der Waals surface area contributed by atoms with Crippen LogP contribution in [0.4, 0.5) is 0 Å². The minimum atomic E-state index is -0.115. The molecule has 1 rings (SSSR count). The predicted octanol–water partition coefficient (Wildman–Crippen LogP) is -0.642. The molecule has 0 atom stereocenters. The molecular formula is C11H21N5O2. The van der Waals surface area contributed by atoms with Crippen LogP contribution in [0, 0.1) is 0 Å². The highest BCUT2D eigenvalue weighted by Crippen LogP contribution is 2.02. The van der Waals surface area contributed by atoms with Gasteiger partial charge in [-0.1, -0.05) is 5.16 Å².